The average Bonchev–Trinajstić information content (AvgIpc) is 3.88. The third kappa shape index (κ3) is 3.96. The van der Waals surface area contributed by atoms with E-state index in [4.69, 9.17) is 14.4 Å². The second-order valence-corrected chi connectivity index (χ2v) is 13.8. The van der Waals surface area contributed by atoms with Crippen molar-refractivity contribution >= 4 is 87.2 Å². The van der Waals surface area contributed by atoms with E-state index in [2.05, 4.69) is 173 Å². The van der Waals surface area contributed by atoms with Gasteiger partial charge in [0.25, 0.3) is 0 Å². The molecule has 4 heterocycles. The Morgan fingerprint density at radius 1 is 0.434 bits per heavy atom. The first-order valence-electron chi connectivity index (χ1n) is 17.9. The van der Waals surface area contributed by atoms with Crippen molar-refractivity contribution in [3.05, 3.63) is 170 Å². The number of fused-ring (bicyclic) bond motifs is 13. The highest BCUT2D eigenvalue weighted by molar-refractivity contribution is 6.32. The van der Waals surface area contributed by atoms with E-state index in [1.807, 2.05) is 6.07 Å². The van der Waals surface area contributed by atoms with Crippen molar-refractivity contribution in [2.45, 2.75) is 0 Å². The van der Waals surface area contributed by atoms with Crippen molar-refractivity contribution < 1.29 is 4.42 Å². The Balaban J connectivity index is 1.28. The molecule has 12 aromatic rings. The first-order valence-corrected chi connectivity index (χ1v) is 17.9. The molecular weight excluding hydrogens is 649 g/mol. The molecule has 0 N–H and O–H groups in total. The Hall–Kier alpha value is -7.24. The number of furan rings is 1. The highest BCUT2D eigenvalue weighted by atomic mass is 16.3. The van der Waals surface area contributed by atoms with E-state index in [0.717, 1.165) is 93.4 Å². The summed E-state index contributed by atoms with van der Waals surface area (Å²) in [5, 5.41) is 10.1. The van der Waals surface area contributed by atoms with E-state index in [0.29, 0.717) is 5.95 Å². The Labute approximate surface area is 302 Å². The van der Waals surface area contributed by atoms with Crippen molar-refractivity contribution in [2.75, 3.05) is 0 Å². The zero-order chi connectivity index (χ0) is 34.6. The highest BCUT2D eigenvalue weighted by Gasteiger charge is 2.25. The largest absolute Gasteiger partial charge is 0.455 e. The van der Waals surface area contributed by atoms with E-state index < -0.39 is 0 Å². The zero-order valence-corrected chi connectivity index (χ0v) is 28.4. The number of para-hydroxylation sites is 4. The molecule has 0 atom stereocenters. The van der Waals surface area contributed by atoms with Gasteiger partial charge in [-0.05, 0) is 65.4 Å². The van der Waals surface area contributed by atoms with Crippen LogP contribution in [0, 0.1) is 0 Å². The average molecular weight is 677 g/mol. The quantitative estimate of drug-likeness (QED) is 0.187. The third-order valence-corrected chi connectivity index (χ3v) is 10.9. The first kappa shape index (κ1) is 28.5. The van der Waals surface area contributed by atoms with Crippen LogP contribution in [0.25, 0.3) is 110 Å². The van der Waals surface area contributed by atoms with Crippen LogP contribution in [0.3, 0.4) is 0 Å². The lowest BCUT2D eigenvalue weighted by molar-refractivity contribution is 0.673. The van der Waals surface area contributed by atoms with Gasteiger partial charge in [0.05, 0.1) is 38.7 Å². The molecule has 5 heteroatoms. The smallest absolute Gasteiger partial charge is 0.235 e. The number of hydrogen-bond acceptors (Lipinski definition) is 3. The van der Waals surface area contributed by atoms with Crippen molar-refractivity contribution in [2.24, 2.45) is 0 Å². The summed E-state index contributed by atoms with van der Waals surface area (Å²) in [6.45, 7) is 0. The molecule has 53 heavy (non-hydrogen) atoms. The molecule has 0 bridgehead atoms. The maximum atomic E-state index is 6.81. The van der Waals surface area contributed by atoms with E-state index in [-0.39, 0.29) is 0 Å². The molecule has 0 unspecified atom stereocenters. The molecule has 0 saturated carbocycles. The van der Waals surface area contributed by atoms with E-state index in [1.165, 1.54) is 10.8 Å². The van der Waals surface area contributed by atoms with Gasteiger partial charge in [-0.25, -0.2) is 9.97 Å². The fraction of sp³-hybridized carbons (Fsp3) is 0. The molecule has 0 radical (unpaired) electrons. The van der Waals surface area contributed by atoms with E-state index in [9.17, 15) is 0 Å². The SMILES string of the molecule is c1ccc(-n2c3ccc4c5ccccc5oc4c3c3c2ccc2c4ccccc4n(-c4nc(-c5ccc6ccccc6c5)c5ccccc5n4)c23)cc1. The lowest BCUT2D eigenvalue weighted by atomic mass is 10.0. The highest BCUT2D eigenvalue weighted by Crippen LogP contribution is 2.45. The summed E-state index contributed by atoms with van der Waals surface area (Å²) in [5.74, 6) is 0.628. The first-order chi connectivity index (χ1) is 26.3. The normalized spacial score (nSPS) is 12.2. The van der Waals surface area contributed by atoms with Crippen LogP contribution < -0.4 is 0 Å². The molecule has 0 aliphatic carbocycles. The minimum Gasteiger partial charge on any atom is -0.455 e. The maximum absolute atomic E-state index is 6.81. The van der Waals surface area contributed by atoms with Crippen LogP contribution >= 0.6 is 0 Å². The molecule has 5 nitrogen and oxygen atoms in total. The van der Waals surface area contributed by atoms with Crippen molar-refractivity contribution in [1.82, 2.24) is 19.1 Å². The van der Waals surface area contributed by atoms with Gasteiger partial charge in [0.2, 0.25) is 5.95 Å². The van der Waals surface area contributed by atoms with Gasteiger partial charge in [-0.1, -0.05) is 115 Å². The molecule has 246 valence electrons. The Morgan fingerprint density at radius 2 is 1.13 bits per heavy atom. The topological polar surface area (TPSA) is 48.8 Å². The van der Waals surface area contributed by atoms with Crippen LogP contribution in [0.4, 0.5) is 0 Å². The third-order valence-electron chi connectivity index (χ3n) is 10.9. The summed E-state index contributed by atoms with van der Waals surface area (Å²) in [6, 6.07) is 59.9. The lowest BCUT2D eigenvalue weighted by Crippen LogP contribution is -2.03. The van der Waals surface area contributed by atoms with Crippen LogP contribution in [0.1, 0.15) is 0 Å². The molecule has 0 fully saturated rings. The van der Waals surface area contributed by atoms with Gasteiger partial charge < -0.3 is 8.98 Å². The standard InChI is InChI=1S/C48H28N4O/c1-2-14-32(15-3-1)51-40-26-24-35-33-16-7-10-20-39(33)52(46(35)43(40)44-41(51)27-25-36-34-17-8-11-21-42(34)53-47(36)44)48-49-38-19-9-6-18-37(38)45(50-48)31-23-22-29-12-4-5-13-30(29)28-31/h1-28H. The van der Waals surface area contributed by atoms with Gasteiger partial charge >= 0.3 is 0 Å². The van der Waals surface area contributed by atoms with Gasteiger partial charge in [0.15, 0.2) is 0 Å². The fourth-order valence-corrected chi connectivity index (χ4v) is 8.60. The predicted octanol–water partition coefficient (Wildman–Crippen LogP) is 12.5. The minimum absolute atomic E-state index is 0.628. The number of nitrogens with zero attached hydrogens (tertiary/aromatic N) is 4. The molecule has 0 aliphatic rings. The summed E-state index contributed by atoms with van der Waals surface area (Å²) in [4.78, 5) is 10.8. The zero-order valence-electron chi connectivity index (χ0n) is 28.4. The van der Waals surface area contributed by atoms with Crippen molar-refractivity contribution in [3.8, 4) is 22.9 Å². The number of rotatable bonds is 3. The summed E-state index contributed by atoms with van der Waals surface area (Å²) >= 11 is 0. The predicted molar refractivity (Wildman–Crippen MR) is 218 cm³/mol. The number of hydrogen-bond donors (Lipinski definition) is 0. The van der Waals surface area contributed by atoms with E-state index >= 15 is 0 Å². The Kier molecular flexibility index (Phi) is 5.71. The van der Waals surface area contributed by atoms with Crippen LogP contribution in [0.15, 0.2) is 174 Å². The van der Waals surface area contributed by atoms with Gasteiger partial charge in [0.1, 0.15) is 11.2 Å². The molecule has 0 amide bonds. The van der Waals surface area contributed by atoms with Gasteiger partial charge in [-0.2, -0.15) is 0 Å². The Bertz CT molecular complexity index is 3460. The molecule has 0 spiro atoms. The number of benzene rings is 8. The molecular formula is C48H28N4O. The summed E-state index contributed by atoms with van der Waals surface area (Å²) in [6.07, 6.45) is 0. The molecule has 8 aromatic carbocycles. The van der Waals surface area contributed by atoms with Crippen LogP contribution in [0.5, 0.6) is 0 Å². The van der Waals surface area contributed by atoms with Gasteiger partial charge in [0, 0.05) is 43.6 Å². The van der Waals surface area contributed by atoms with Crippen molar-refractivity contribution in [3.63, 3.8) is 0 Å². The molecule has 0 saturated heterocycles. The van der Waals surface area contributed by atoms with Crippen molar-refractivity contribution in [1.29, 1.82) is 0 Å². The monoisotopic (exact) mass is 676 g/mol. The molecule has 12 rings (SSSR count). The molecule has 0 aliphatic heterocycles. The van der Waals surface area contributed by atoms with E-state index in [1.54, 1.807) is 0 Å². The van der Waals surface area contributed by atoms with Gasteiger partial charge in [-0.3, -0.25) is 4.57 Å². The fourth-order valence-electron chi connectivity index (χ4n) is 8.60. The summed E-state index contributed by atoms with van der Waals surface area (Å²) < 4.78 is 11.4. The van der Waals surface area contributed by atoms with Crippen LogP contribution in [-0.2, 0) is 0 Å². The summed E-state index contributed by atoms with van der Waals surface area (Å²) in [7, 11) is 0. The minimum atomic E-state index is 0.628. The van der Waals surface area contributed by atoms with Crippen LogP contribution in [0.2, 0.25) is 0 Å². The lowest BCUT2D eigenvalue weighted by Gasteiger charge is -2.13. The van der Waals surface area contributed by atoms with Crippen LogP contribution in [-0.4, -0.2) is 19.1 Å². The maximum Gasteiger partial charge on any atom is 0.235 e. The summed E-state index contributed by atoms with van der Waals surface area (Å²) in [5.41, 5.74) is 9.97. The second-order valence-electron chi connectivity index (χ2n) is 13.8. The second kappa shape index (κ2) is 10.6. The Morgan fingerprint density at radius 3 is 2.02 bits per heavy atom. The van der Waals surface area contributed by atoms with Gasteiger partial charge in [-0.15, -0.1) is 0 Å². The number of aromatic nitrogens is 4. The molecule has 4 aromatic heterocycles.